The normalized spacial score (nSPS) is 18.0. The molecular weight excluding hydrogens is 460 g/mol. The maximum atomic E-state index is 14.5. The van der Waals surface area contributed by atoms with E-state index < -0.39 is 23.1 Å². The van der Waals surface area contributed by atoms with Gasteiger partial charge in [-0.05, 0) is 66.5 Å². The summed E-state index contributed by atoms with van der Waals surface area (Å²) in [6.07, 6.45) is 2.27. The van der Waals surface area contributed by atoms with Crippen LogP contribution in [0, 0.1) is 24.0 Å². The van der Waals surface area contributed by atoms with Crippen LogP contribution in [0.3, 0.4) is 0 Å². The number of hydrogen-bond donors (Lipinski definition) is 1. The van der Waals surface area contributed by atoms with Gasteiger partial charge in [-0.2, -0.15) is 0 Å². The molecule has 1 spiro atoms. The first-order valence-corrected chi connectivity index (χ1v) is 12.5. The summed E-state index contributed by atoms with van der Waals surface area (Å²) >= 11 is 0. The summed E-state index contributed by atoms with van der Waals surface area (Å²) in [5.41, 5.74) is 0.794. The number of benzene rings is 3. The summed E-state index contributed by atoms with van der Waals surface area (Å²) in [5, 5.41) is 5.43. The van der Waals surface area contributed by atoms with E-state index in [1.54, 1.807) is 0 Å². The van der Waals surface area contributed by atoms with Gasteiger partial charge in [-0.25, -0.2) is 13.6 Å². The Bertz CT molecular complexity index is 1310. The summed E-state index contributed by atoms with van der Waals surface area (Å²) in [5.74, 6) is -2.21. The van der Waals surface area contributed by atoms with Crippen LogP contribution in [0.4, 0.5) is 13.6 Å². The third kappa shape index (κ3) is 4.43. The van der Waals surface area contributed by atoms with E-state index in [2.05, 4.69) is 23.5 Å². The number of likely N-dealkylation sites (tertiary alicyclic amines) is 2. The molecule has 3 aromatic rings. The lowest BCUT2D eigenvalue weighted by Gasteiger charge is -2.39. The van der Waals surface area contributed by atoms with Crippen molar-refractivity contribution in [3.8, 4) is 0 Å². The maximum absolute atomic E-state index is 14.5. The van der Waals surface area contributed by atoms with Gasteiger partial charge in [0.1, 0.15) is 17.2 Å². The third-order valence-corrected chi connectivity index (χ3v) is 7.96. The first-order valence-electron chi connectivity index (χ1n) is 12.5. The van der Waals surface area contributed by atoms with Gasteiger partial charge in [-0.3, -0.25) is 4.79 Å². The van der Waals surface area contributed by atoms with Crippen molar-refractivity contribution in [2.75, 3.05) is 26.2 Å². The Kier molecular flexibility index (Phi) is 6.41. The highest BCUT2D eigenvalue weighted by molar-refractivity contribution is 5.95. The van der Waals surface area contributed by atoms with Gasteiger partial charge in [0.15, 0.2) is 0 Å². The molecule has 1 N–H and O–H groups in total. The number of aryl methyl sites for hydroxylation is 1. The lowest BCUT2D eigenvalue weighted by Crippen LogP contribution is -2.46. The van der Waals surface area contributed by atoms with Gasteiger partial charge < -0.3 is 15.1 Å². The zero-order chi connectivity index (χ0) is 25.4. The fourth-order valence-corrected chi connectivity index (χ4v) is 5.69. The van der Waals surface area contributed by atoms with Gasteiger partial charge in [0.2, 0.25) is 0 Å². The smallest absolute Gasteiger partial charge is 0.317 e. The standard InChI is InChI=1S/C29H31F2N3O2/c1-19-10-11-24(30)25(26(19)31)27(35)33-15-12-29(13-16-33)14-17-34(18-29)28(36)32-20(2)22-9-5-7-21-6-3-4-8-23(21)22/h3-11,20H,12-18H2,1-2H3,(H,32,36). The number of nitrogens with zero attached hydrogens (tertiary/aromatic N) is 2. The molecule has 2 aliphatic rings. The summed E-state index contributed by atoms with van der Waals surface area (Å²) in [6, 6.07) is 16.5. The van der Waals surface area contributed by atoms with Crippen molar-refractivity contribution in [2.24, 2.45) is 5.41 Å². The molecule has 2 saturated heterocycles. The Morgan fingerprint density at radius 3 is 2.33 bits per heavy atom. The fourth-order valence-electron chi connectivity index (χ4n) is 5.69. The molecule has 5 nitrogen and oxygen atoms in total. The van der Waals surface area contributed by atoms with Crippen molar-refractivity contribution in [3.63, 3.8) is 0 Å². The van der Waals surface area contributed by atoms with Crippen LogP contribution in [0.25, 0.3) is 10.8 Å². The molecule has 0 radical (unpaired) electrons. The van der Waals surface area contributed by atoms with Crippen molar-refractivity contribution in [1.82, 2.24) is 15.1 Å². The average Bonchev–Trinajstić information content (AvgIpc) is 3.30. The molecule has 3 aromatic carbocycles. The largest absolute Gasteiger partial charge is 0.338 e. The van der Waals surface area contributed by atoms with Crippen molar-refractivity contribution in [2.45, 2.75) is 39.2 Å². The Morgan fingerprint density at radius 2 is 1.58 bits per heavy atom. The lowest BCUT2D eigenvalue weighted by molar-refractivity contribution is 0.0584. The Morgan fingerprint density at radius 1 is 0.917 bits per heavy atom. The van der Waals surface area contributed by atoms with E-state index in [9.17, 15) is 18.4 Å². The van der Waals surface area contributed by atoms with E-state index in [1.807, 2.05) is 36.1 Å². The zero-order valence-electron chi connectivity index (χ0n) is 20.7. The minimum atomic E-state index is -0.826. The summed E-state index contributed by atoms with van der Waals surface area (Å²) in [6.45, 7) is 5.65. The molecule has 1 atom stereocenters. The molecule has 0 bridgehead atoms. The second-order valence-electron chi connectivity index (χ2n) is 10.3. The highest BCUT2D eigenvalue weighted by Gasteiger charge is 2.43. The van der Waals surface area contributed by atoms with Crippen LogP contribution in [-0.2, 0) is 0 Å². The topological polar surface area (TPSA) is 52.7 Å². The number of fused-ring (bicyclic) bond motifs is 1. The first kappa shape index (κ1) is 24.2. The fraction of sp³-hybridized carbons (Fsp3) is 0.379. The van der Waals surface area contributed by atoms with Gasteiger partial charge >= 0.3 is 6.03 Å². The highest BCUT2D eigenvalue weighted by atomic mass is 19.1. The Balaban J connectivity index is 1.21. The van der Waals surface area contributed by atoms with Crippen molar-refractivity contribution < 1.29 is 18.4 Å². The highest BCUT2D eigenvalue weighted by Crippen LogP contribution is 2.41. The number of piperidine rings is 1. The number of amides is 3. The third-order valence-electron chi connectivity index (χ3n) is 7.96. The van der Waals surface area contributed by atoms with Crippen molar-refractivity contribution in [1.29, 1.82) is 0 Å². The van der Waals surface area contributed by atoms with Gasteiger partial charge in [0.25, 0.3) is 5.91 Å². The number of nitrogens with one attached hydrogen (secondary N) is 1. The molecule has 2 fully saturated rings. The summed E-state index contributed by atoms with van der Waals surface area (Å²) in [7, 11) is 0. The number of hydrogen-bond acceptors (Lipinski definition) is 2. The number of carbonyl (C=O) groups is 2. The number of halogens is 2. The molecule has 2 aliphatic heterocycles. The molecule has 2 heterocycles. The van der Waals surface area contributed by atoms with Gasteiger partial charge in [0, 0.05) is 26.2 Å². The molecular formula is C29H31F2N3O2. The minimum Gasteiger partial charge on any atom is -0.338 e. The van der Waals surface area contributed by atoms with Crippen LogP contribution in [-0.4, -0.2) is 47.9 Å². The summed E-state index contributed by atoms with van der Waals surface area (Å²) < 4.78 is 28.7. The summed E-state index contributed by atoms with van der Waals surface area (Å²) in [4.78, 5) is 29.4. The number of urea groups is 1. The average molecular weight is 492 g/mol. The zero-order valence-corrected chi connectivity index (χ0v) is 20.7. The van der Waals surface area contributed by atoms with Crippen LogP contribution >= 0.6 is 0 Å². The Hall–Kier alpha value is -3.48. The molecule has 0 saturated carbocycles. The van der Waals surface area contributed by atoms with E-state index in [0.717, 1.165) is 28.8 Å². The minimum absolute atomic E-state index is 0.0690. The van der Waals surface area contributed by atoms with Crippen molar-refractivity contribution in [3.05, 3.63) is 82.9 Å². The van der Waals surface area contributed by atoms with E-state index in [4.69, 9.17) is 0 Å². The van der Waals surface area contributed by atoms with E-state index in [0.29, 0.717) is 39.0 Å². The predicted molar refractivity (Wildman–Crippen MR) is 136 cm³/mol. The molecule has 0 aromatic heterocycles. The van der Waals surface area contributed by atoms with Gasteiger partial charge in [-0.1, -0.05) is 48.5 Å². The van der Waals surface area contributed by atoms with E-state index >= 15 is 0 Å². The second kappa shape index (κ2) is 9.52. The van der Waals surface area contributed by atoms with Crippen LogP contribution < -0.4 is 5.32 Å². The molecule has 36 heavy (non-hydrogen) atoms. The molecule has 3 amide bonds. The number of carbonyl (C=O) groups excluding carboxylic acids is 2. The van der Waals surface area contributed by atoms with Gasteiger partial charge in [0.05, 0.1) is 6.04 Å². The second-order valence-corrected chi connectivity index (χ2v) is 10.3. The van der Waals surface area contributed by atoms with Crippen LogP contribution in [0.5, 0.6) is 0 Å². The van der Waals surface area contributed by atoms with Crippen LogP contribution in [0.2, 0.25) is 0 Å². The SMILES string of the molecule is Cc1ccc(F)c(C(=O)N2CCC3(CCN(C(=O)NC(C)c4cccc5ccccc45)C3)CC2)c1F. The molecule has 7 heteroatoms. The Labute approximate surface area is 210 Å². The molecule has 1 unspecified atom stereocenters. The van der Waals surface area contributed by atoms with E-state index in [1.165, 1.54) is 17.9 Å². The van der Waals surface area contributed by atoms with Crippen molar-refractivity contribution >= 4 is 22.7 Å². The van der Waals surface area contributed by atoms with Gasteiger partial charge in [-0.15, -0.1) is 0 Å². The first-order chi connectivity index (χ1) is 17.3. The predicted octanol–water partition coefficient (Wildman–Crippen LogP) is 5.83. The lowest BCUT2D eigenvalue weighted by atomic mass is 9.77. The van der Waals surface area contributed by atoms with Crippen LogP contribution in [0.15, 0.2) is 54.6 Å². The number of rotatable bonds is 3. The molecule has 0 aliphatic carbocycles. The molecule has 188 valence electrons. The van der Waals surface area contributed by atoms with E-state index in [-0.39, 0.29) is 23.1 Å². The maximum Gasteiger partial charge on any atom is 0.317 e. The monoisotopic (exact) mass is 491 g/mol. The quantitative estimate of drug-likeness (QED) is 0.502. The van der Waals surface area contributed by atoms with Crippen LogP contribution in [0.1, 0.15) is 53.7 Å². The molecule has 5 rings (SSSR count).